The molecule has 132 valence electrons. The zero-order valence-corrected chi connectivity index (χ0v) is 15.2. The van der Waals surface area contributed by atoms with Crippen LogP contribution < -0.4 is 14.8 Å². The number of anilines is 1. The van der Waals surface area contributed by atoms with Crippen molar-refractivity contribution in [1.82, 2.24) is 4.98 Å². The predicted molar refractivity (Wildman–Crippen MR) is 104 cm³/mol. The van der Waals surface area contributed by atoms with Gasteiger partial charge in [0, 0.05) is 39.5 Å². The third kappa shape index (κ3) is 2.44. The first-order chi connectivity index (χ1) is 12.5. The van der Waals surface area contributed by atoms with Crippen LogP contribution in [0.25, 0.3) is 22.6 Å². The van der Waals surface area contributed by atoms with Crippen LogP contribution in [0.3, 0.4) is 0 Å². The van der Waals surface area contributed by atoms with Gasteiger partial charge in [-0.25, -0.2) is 0 Å². The van der Waals surface area contributed by atoms with Crippen LogP contribution in [0.2, 0.25) is 0 Å². The van der Waals surface area contributed by atoms with Crippen LogP contribution in [-0.4, -0.2) is 25.1 Å². The molecule has 2 heterocycles. The summed E-state index contributed by atoms with van der Waals surface area (Å²) in [5.41, 5.74) is 6.29. The van der Waals surface area contributed by atoms with Gasteiger partial charge in [0.05, 0.1) is 14.2 Å². The number of aryl methyl sites for hydroxylation is 2. The zero-order valence-electron chi connectivity index (χ0n) is 15.2. The van der Waals surface area contributed by atoms with Crippen molar-refractivity contribution >= 4 is 34.1 Å². The SMILES string of the molecule is COc1cc2c(cc1C)NC(=O)/C2=C/c1c[nH]c2cc(C)c(OC)cc12. The fourth-order valence-corrected chi connectivity index (χ4v) is 3.46. The van der Waals surface area contributed by atoms with Crippen LogP contribution in [0.4, 0.5) is 5.69 Å². The number of ether oxygens (including phenoxy) is 2. The Kier molecular flexibility index (Phi) is 3.72. The van der Waals surface area contributed by atoms with Crippen molar-refractivity contribution < 1.29 is 14.3 Å². The van der Waals surface area contributed by atoms with E-state index in [2.05, 4.69) is 10.3 Å². The number of fused-ring (bicyclic) bond motifs is 2. The van der Waals surface area contributed by atoms with Crippen molar-refractivity contribution in [2.75, 3.05) is 19.5 Å². The Morgan fingerprint density at radius 3 is 2.38 bits per heavy atom. The summed E-state index contributed by atoms with van der Waals surface area (Å²) in [5, 5.41) is 3.95. The lowest BCUT2D eigenvalue weighted by Crippen LogP contribution is -2.03. The van der Waals surface area contributed by atoms with E-state index >= 15 is 0 Å². The molecule has 0 unspecified atom stereocenters. The number of aromatic nitrogens is 1. The van der Waals surface area contributed by atoms with Crippen LogP contribution in [0, 0.1) is 13.8 Å². The molecule has 0 spiro atoms. The Labute approximate surface area is 151 Å². The van der Waals surface area contributed by atoms with Crippen molar-refractivity contribution in [3.63, 3.8) is 0 Å². The molecule has 5 nitrogen and oxygen atoms in total. The Balaban J connectivity index is 1.88. The van der Waals surface area contributed by atoms with Crippen molar-refractivity contribution in [2.24, 2.45) is 0 Å². The molecule has 0 bridgehead atoms. The Morgan fingerprint density at radius 1 is 0.962 bits per heavy atom. The number of carbonyl (C=O) groups excluding carboxylic acids is 1. The number of carbonyl (C=O) groups is 1. The summed E-state index contributed by atoms with van der Waals surface area (Å²) in [4.78, 5) is 15.8. The van der Waals surface area contributed by atoms with E-state index in [9.17, 15) is 4.79 Å². The zero-order chi connectivity index (χ0) is 18.4. The fourth-order valence-electron chi connectivity index (χ4n) is 3.46. The first kappa shape index (κ1) is 16.3. The van der Waals surface area contributed by atoms with E-state index in [4.69, 9.17) is 9.47 Å². The van der Waals surface area contributed by atoms with Gasteiger partial charge in [-0.2, -0.15) is 0 Å². The van der Waals surface area contributed by atoms with E-state index in [0.717, 1.165) is 50.3 Å². The number of benzene rings is 2. The molecule has 26 heavy (non-hydrogen) atoms. The van der Waals surface area contributed by atoms with Crippen LogP contribution in [0.1, 0.15) is 22.3 Å². The Bertz CT molecular complexity index is 1080. The molecule has 2 N–H and O–H groups in total. The lowest BCUT2D eigenvalue weighted by atomic mass is 10.0. The smallest absolute Gasteiger partial charge is 0.256 e. The number of aromatic amines is 1. The maximum atomic E-state index is 12.5. The standard InChI is InChI=1S/C21H20N2O3/c1-11-5-17-14(8-19(11)25-3)13(10-22-17)7-16-15-9-20(26-4)12(2)6-18(15)23-21(16)24/h5-10,22H,1-4H3,(H,23,24)/b16-7+. The normalized spacial score (nSPS) is 14.6. The molecule has 0 saturated heterocycles. The number of amides is 1. The average Bonchev–Trinajstić information content (AvgIpc) is 3.14. The molecule has 0 radical (unpaired) electrons. The van der Waals surface area contributed by atoms with E-state index in [-0.39, 0.29) is 5.91 Å². The van der Waals surface area contributed by atoms with Gasteiger partial charge >= 0.3 is 0 Å². The van der Waals surface area contributed by atoms with Crippen molar-refractivity contribution in [2.45, 2.75) is 13.8 Å². The third-order valence-corrected chi connectivity index (χ3v) is 4.85. The van der Waals surface area contributed by atoms with Gasteiger partial charge in [0.15, 0.2) is 0 Å². The van der Waals surface area contributed by atoms with Crippen LogP contribution in [0.5, 0.6) is 11.5 Å². The minimum Gasteiger partial charge on any atom is -0.496 e. The maximum Gasteiger partial charge on any atom is 0.256 e. The van der Waals surface area contributed by atoms with E-state index in [0.29, 0.717) is 5.57 Å². The highest BCUT2D eigenvalue weighted by Gasteiger charge is 2.26. The summed E-state index contributed by atoms with van der Waals surface area (Å²) in [6.07, 6.45) is 3.82. The molecule has 1 amide bonds. The van der Waals surface area contributed by atoms with Gasteiger partial charge in [-0.15, -0.1) is 0 Å². The molecule has 1 aliphatic rings. The summed E-state index contributed by atoms with van der Waals surface area (Å²) in [5.74, 6) is 1.48. The number of H-pyrrole nitrogens is 1. The van der Waals surface area contributed by atoms with Gasteiger partial charge in [0.2, 0.25) is 0 Å². The number of hydrogen-bond donors (Lipinski definition) is 2. The van der Waals surface area contributed by atoms with E-state index < -0.39 is 0 Å². The molecular weight excluding hydrogens is 328 g/mol. The van der Waals surface area contributed by atoms with Gasteiger partial charge in [-0.3, -0.25) is 4.79 Å². The topological polar surface area (TPSA) is 63.3 Å². The molecule has 0 aliphatic carbocycles. The second-order valence-corrected chi connectivity index (χ2v) is 6.49. The van der Waals surface area contributed by atoms with E-state index in [1.807, 2.05) is 50.4 Å². The summed E-state index contributed by atoms with van der Waals surface area (Å²) >= 11 is 0. The lowest BCUT2D eigenvalue weighted by Gasteiger charge is -2.07. The molecule has 0 saturated carbocycles. The van der Waals surface area contributed by atoms with Crippen molar-refractivity contribution in [3.05, 3.63) is 52.7 Å². The molecule has 2 aromatic carbocycles. The highest BCUT2D eigenvalue weighted by Crippen LogP contribution is 2.38. The minimum atomic E-state index is -0.110. The lowest BCUT2D eigenvalue weighted by molar-refractivity contribution is -0.110. The van der Waals surface area contributed by atoms with Gasteiger partial charge in [0.25, 0.3) is 5.91 Å². The summed E-state index contributed by atoms with van der Waals surface area (Å²) < 4.78 is 10.9. The monoisotopic (exact) mass is 348 g/mol. The summed E-state index contributed by atoms with van der Waals surface area (Å²) in [7, 11) is 3.30. The largest absolute Gasteiger partial charge is 0.496 e. The van der Waals surface area contributed by atoms with Crippen LogP contribution >= 0.6 is 0 Å². The first-order valence-corrected chi connectivity index (χ1v) is 8.39. The van der Waals surface area contributed by atoms with E-state index in [1.54, 1.807) is 14.2 Å². The number of methoxy groups -OCH3 is 2. The van der Waals surface area contributed by atoms with Gasteiger partial charge in [-0.05, 0) is 55.3 Å². The molecular formula is C21H20N2O3. The predicted octanol–water partition coefficient (Wildman–Crippen LogP) is 4.29. The highest BCUT2D eigenvalue weighted by molar-refractivity contribution is 6.35. The van der Waals surface area contributed by atoms with Crippen LogP contribution in [-0.2, 0) is 4.79 Å². The van der Waals surface area contributed by atoms with Crippen molar-refractivity contribution in [3.8, 4) is 11.5 Å². The maximum absolute atomic E-state index is 12.5. The summed E-state index contributed by atoms with van der Waals surface area (Å²) in [6, 6.07) is 7.89. The molecule has 1 aliphatic heterocycles. The molecule has 4 rings (SSSR count). The minimum absolute atomic E-state index is 0.110. The summed E-state index contributed by atoms with van der Waals surface area (Å²) in [6.45, 7) is 3.97. The van der Waals surface area contributed by atoms with Gasteiger partial charge in [0.1, 0.15) is 11.5 Å². The highest BCUT2D eigenvalue weighted by atomic mass is 16.5. The number of hydrogen-bond acceptors (Lipinski definition) is 3. The first-order valence-electron chi connectivity index (χ1n) is 8.39. The van der Waals surface area contributed by atoms with E-state index in [1.165, 1.54) is 0 Å². The molecule has 0 fully saturated rings. The second kappa shape index (κ2) is 5.95. The molecule has 3 aromatic rings. The quantitative estimate of drug-likeness (QED) is 0.694. The van der Waals surface area contributed by atoms with Crippen LogP contribution in [0.15, 0.2) is 30.5 Å². The number of rotatable bonds is 3. The molecule has 0 atom stereocenters. The fraction of sp³-hybridized carbons (Fsp3) is 0.190. The molecule has 5 heteroatoms. The van der Waals surface area contributed by atoms with Gasteiger partial charge in [-0.1, -0.05) is 0 Å². The second-order valence-electron chi connectivity index (χ2n) is 6.49. The Hall–Kier alpha value is -3.21. The molecule has 1 aromatic heterocycles. The Morgan fingerprint density at radius 2 is 1.65 bits per heavy atom. The van der Waals surface area contributed by atoms with Crippen molar-refractivity contribution in [1.29, 1.82) is 0 Å². The number of nitrogens with one attached hydrogen (secondary N) is 2. The third-order valence-electron chi connectivity index (χ3n) is 4.85. The van der Waals surface area contributed by atoms with Gasteiger partial charge < -0.3 is 19.8 Å². The average molecular weight is 348 g/mol.